The molecule has 0 spiro atoms. The molecule has 0 aromatic heterocycles. The molecule has 1 radical (unpaired) electrons. The molecule has 0 fully saturated rings. The van der Waals surface area contributed by atoms with Crippen LogP contribution in [0.15, 0.2) is 0 Å². The number of nitrogens with two attached hydrogens (primary N) is 3. The van der Waals surface area contributed by atoms with Gasteiger partial charge in [-0.05, 0) is 0 Å². The second-order valence-electron chi connectivity index (χ2n) is 1.96. The van der Waals surface area contributed by atoms with Crippen molar-refractivity contribution in [1.29, 1.82) is 0 Å². The molecule has 13 heteroatoms. The predicted octanol–water partition coefficient (Wildman–Crippen LogP) is -8.34. The van der Waals surface area contributed by atoms with Crippen molar-refractivity contribution in [3.05, 3.63) is 0 Å². The molecular weight excluding hydrogens is 310 g/mol. The van der Waals surface area contributed by atoms with E-state index in [2.05, 4.69) is 17.2 Å². The maximum atomic E-state index is 9.26. The molecule has 0 aromatic rings. The van der Waals surface area contributed by atoms with Gasteiger partial charge in [-0.2, -0.15) is 0 Å². The van der Waals surface area contributed by atoms with E-state index < -0.39 is 35.6 Å². The van der Waals surface area contributed by atoms with Gasteiger partial charge >= 0.3 is 17.4 Å². The van der Waals surface area contributed by atoms with E-state index in [4.69, 9.17) is 29.7 Å². The Morgan fingerprint density at radius 1 is 0.526 bits per heavy atom. The van der Waals surface area contributed by atoms with Gasteiger partial charge in [0.2, 0.25) is 0 Å². The minimum Gasteiger partial charge on any atom is -0.540 e. The van der Waals surface area contributed by atoms with Gasteiger partial charge in [-0.1, -0.05) is 0 Å². The maximum Gasteiger partial charge on any atom is 3.00 e. The summed E-state index contributed by atoms with van der Waals surface area (Å²) in [5, 5.41) is 27.3. The van der Waals surface area contributed by atoms with Gasteiger partial charge in [0.15, 0.2) is 0 Å². The van der Waals surface area contributed by atoms with E-state index in [1.807, 2.05) is 0 Å². The average Bonchev–Trinajstić information content (AvgIpc) is 2.18. The van der Waals surface area contributed by atoms with Gasteiger partial charge in [0, 0.05) is 0 Å². The Labute approximate surface area is 115 Å². The van der Waals surface area contributed by atoms with Crippen molar-refractivity contribution in [2.24, 2.45) is 17.2 Å². The number of rotatable bonds is 0. The van der Waals surface area contributed by atoms with Crippen molar-refractivity contribution in [2.45, 2.75) is 0 Å². The van der Waals surface area contributed by atoms with Crippen molar-refractivity contribution in [3.8, 4) is 0 Å². The Morgan fingerprint density at radius 3 is 0.579 bits per heavy atom. The van der Waals surface area contributed by atoms with E-state index in [1.54, 1.807) is 0 Å². The summed E-state index contributed by atoms with van der Waals surface area (Å²) in [5.41, 5.74) is 12.4. The Bertz CT molecular complexity index is 287. The Kier molecular flexibility index (Phi) is 17.8. The topological polar surface area (TPSA) is 250 Å². The second kappa shape index (κ2) is 13.4. The zero-order valence-electron chi connectivity index (χ0n) is 8.81. The van der Waals surface area contributed by atoms with E-state index in [1.165, 1.54) is 0 Å². The number of carbonyl (C=O) groups excluding carboxylic acids is 6. The fraction of sp³-hybridized carbons (Fsp3) is 0. The molecule has 0 heterocycles. The quantitative estimate of drug-likeness (QED) is 0.358. The molecule has 0 aliphatic carbocycles. The van der Waals surface area contributed by atoms with Crippen LogP contribution in [-0.2, 0) is 46.1 Å². The van der Waals surface area contributed by atoms with Crippen molar-refractivity contribution < 1.29 is 61.4 Å². The average molecular weight is 316 g/mol. The van der Waals surface area contributed by atoms with Crippen LogP contribution in [0.1, 0.15) is 0 Å². The number of carboxylic acids is 3. The first-order valence-corrected chi connectivity index (χ1v) is 3.45. The molecule has 0 atom stereocenters. The summed E-state index contributed by atoms with van der Waals surface area (Å²) >= 11 is 0. The summed E-state index contributed by atoms with van der Waals surface area (Å²) in [6, 6.07) is 0. The number of aliphatic carboxylic acids is 3. The molecule has 3 amide bonds. The number of carboxylic acid groups (broad SMARTS) is 3. The van der Waals surface area contributed by atoms with Crippen molar-refractivity contribution in [2.75, 3.05) is 0 Å². The Balaban J connectivity index is -0.0000000865. The normalized spacial score (nSPS) is 6.95. The molecule has 12 nitrogen and oxygen atoms in total. The molecule has 0 aliphatic heterocycles. The van der Waals surface area contributed by atoms with Gasteiger partial charge in [-0.3, -0.25) is 14.4 Å². The number of amides is 3. The largest absolute Gasteiger partial charge is 3.00 e. The zero-order chi connectivity index (χ0) is 15.5. The van der Waals surface area contributed by atoms with Crippen LogP contribution < -0.4 is 32.5 Å². The van der Waals surface area contributed by atoms with E-state index in [-0.39, 0.29) is 17.4 Å². The minimum atomic E-state index is -1.85. The van der Waals surface area contributed by atoms with Crippen LogP contribution >= 0.6 is 0 Å². The van der Waals surface area contributed by atoms with E-state index in [0.29, 0.717) is 0 Å². The third-order valence-electron chi connectivity index (χ3n) is 0.604. The van der Waals surface area contributed by atoms with Crippen LogP contribution in [0, 0.1) is 0 Å². The fourth-order valence-corrected chi connectivity index (χ4v) is 0. The SMILES string of the molecule is NC(=O)C(=O)[O-].NC(=O)C(=O)[O-].NC(=O)C(=O)[O-].[Cr+3]. The van der Waals surface area contributed by atoms with E-state index in [9.17, 15) is 14.4 Å². The molecule has 105 valence electrons. The van der Waals surface area contributed by atoms with Crippen LogP contribution in [-0.4, -0.2) is 35.6 Å². The van der Waals surface area contributed by atoms with Gasteiger partial charge in [0.1, 0.15) is 17.9 Å². The summed E-state index contributed by atoms with van der Waals surface area (Å²) in [6.07, 6.45) is 0. The fourth-order valence-electron chi connectivity index (χ4n) is 0. The van der Waals surface area contributed by atoms with Gasteiger partial charge in [0.05, 0.1) is 0 Å². The molecule has 0 unspecified atom stereocenters. The van der Waals surface area contributed by atoms with Crippen LogP contribution in [0.3, 0.4) is 0 Å². The van der Waals surface area contributed by atoms with Crippen LogP contribution in [0.4, 0.5) is 0 Å². The van der Waals surface area contributed by atoms with Gasteiger partial charge in [0.25, 0.3) is 17.7 Å². The predicted molar refractivity (Wildman–Crippen MR) is 42.6 cm³/mol. The molecule has 0 saturated heterocycles. The van der Waals surface area contributed by atoms with Crippen LogP contribution in [0.5, 0.6) is 0 Å². The first-order chi connectivity index (χ1) is 7.93. The summed E-state index contributed by atoms with van der Waals surface area (Å²) in [6.45, 7) is 0. The summed E-state index contributed by atoms with van der Waals surface area (Å²) in [5.74, 6) is -9.86. The van der Waals surface area contributed by atoms with Gasteiger partial charge in [-0.25, -0.2) is 0 Å². The van der Waals surface area contributed by atoms with Gasteiger partial charge in [-0.15, -0.1) is 0 Å². The standard InChI is InChI=1S/3C2H3NO3.Cr/c3*3-1(4)2(5)6;/h3*(H2,3,4)(H,5,6);/q;;;+3/p-3. The second-order valence-corrected chi connectivity index (χ2v) is 1.96. The minimum absolute atomic E-state index is 0. The molecule has 0 saturated carbocycles. The maximum absolute atomic E-state index is 9.26. The summed E-state index contributed by atoms with van der Waals surface area (Å²) in [7, 11) is 0. The third-order valence-corrected chi connectivity index (χ3v) is 0.604. The van der Waals surface area contributed by atoms with Crippen molar-refractivity contribution in [1.82, 2.24) is 0 Å². The van der Waals surface area contributed by atoms with Crippen molar-refractivity contribution >= 4 is 35.6 Å². The molecular formula is C6H6CrN3O9. The van der Waals surface area contributed by atoms with E-state index in [0.717, 1.165) is 0 Å². The number of hydrogen-bond acceptors (Lipinski definition) is 9. The smallest absolute Gasteiger partial charge is 0.540 e. The Morgan fingerprint density at radius 2 is 0.579 bits per heavy atom. The molecule has 0 aliphatic rings. The summed E-state index contributed by atoms with van der Waals surface area (Å²) in [4.78, 5) is 55.1. The molecule has 0 rings (SSSR count). The number of hydrogen-bond donors (Lipinski definition) is 3. The monoisotopic (exact) mass is 316 g/mol. The zero-order valence-corrected chi connectivity index (χ0v) is 10.1. The first-order valence-electron chi connectivity index (χ1n) is 3.45. The Hall–Kier alpha value is -2.65. The molecule has 0 aromatic carbocycles. The van der Waals surface area contributed by atoms with Crippen molar-refractivity contribution in [3.63, 3.8) is 0 Å². The molecule has 19 heavy (non-hydrogen) atoms. The summed E-state index contributed by atoms with van der Waals surface area (Å²) < 4.78 is 0. The number of primary amides is 3. The molecule has 0 bridgehead atoms. The third kappa shape index (κ3) is 31.3. The number of carbonyl (C=O) groups is 6. The first kappa shape index (κ1) is 25.3. The molecule has 6 N–H and O–H groups in total. The van der Waals surface area contributed by atoms with Crippen LogP contribution in [0.2, 0.25) is 0 Å². The van der Waals surface area contributed by atoms with Crippen LogP contribution in [0.25, 0.3) is 0 Å². The van der Waals surface area contributed by atoms with E-state index >= 15 is 0 Å². The van der Waals surface area contributed by atoms with Gasteiger partial charge < -0.3 is 46.9 Å².